The van der Waals surface area contributed by atoms with Gasteiger partial charge in [-0.1, -0.05) is 44.2 Å². The molecule has 9 heteroatoms. The van der Waals surface area contributed by atoms with E-state index in [1.54, 1.807) is 13.8 Å². The second kappa shape index (κ2) is 12.4. The van der Waals surface area contributed by atoms with Gasteiger partial charge in [-0.2, -0.15) is 0 Å². The number of guanidine groups is 1. The summed E-state index contributed by atoms with van der Waals surface area (Å²) in [6, 6.07) is 9.79. The molecule has 0 heterocycles. The SMILES string of the molecule is COC(=O)CN(C)C(=N)NC(=O)OC(OC(=O)CCCc1ccccc1)C(C)C. The number of hydrogen-bond acceptors (Lipinski definition) is 7. The molecular formula is C20H29N3O6. The summed E-state index contributed by atoms with van der Waals surface area (Å²) in [5.74, 6) is -1.65. The van der Waals surface area contributed by atoms with Gasteiger partial charge in [0.05, 0.1) is 7.11 Å². The van der Waals surface area contributed by atoms with Crippen molar-refractivity contribution in [2.24, 2.45) is 5.92 Å². The summed E-state index contributed by atoms with van der Waals surface area (Å²) in [5, 5.41) is 9.94. The second-order valence-electron chi connectivity index (χ2n) is 6.75. The lowest BCUT2D eigenvalue weighted by atomic mass is 10.1. The number of carbonyl (C=O) groups is 3. The zero-order valence-corrected chi connectivity index (χ0v) is 17.3. The maximum absolute atomic E-state index is 12.1. The average Bonchev–Trinajstić information content (AvgIpc) is 2.67. The number of amides is 1. The van der Waals surface area contributed by atoms with Crippen molar-refractivity contribution in [1.29, 1.82) is 5.41 Å². The van der Waals surface area contributed by atoms with Crippen molar-refractivity contribution in [3.05, 3.63) is 35.9 Å². The van der Waals surface area contributed by atoms with E-state index in [-0.39, 0.29) is 24.8 Å². The number of alkyl carbamates (subject to hydrolysis) is 1. The number of methoxy groups -OCH3 is 1. The highest BCUT2D eigenvalue weighted by atomic mass is 16.7. The molecule has 1 aromatic carbocycles. The third-order valence-corrected chi connectivity index (χ3v) is 3.90. The number of benzene rings is 1. The molecule has 0 aliphatic carbocycles. The third kappa shape index (κ3) is 9.59. The van der Waals surface area contributed by atoms with Crippen LogP contribution in [0.15, 0.2) is 30.3 Å². The minimum Gasteiger partial charge on any atom is -0.468 e. The number of carbonyl (C=O) groups excluding carboxylic acids is 3. The van der Waals surface area contributed by atoms with Gasteiger partial charge in [-0.3, -0.25) is 20.3 Å². The molecule has 0 aromatic heterocycles. The fraction of sp³-hybridized carbons (Fsp3) is 0.500. The van der Waals surface area contributed by atoms with Crippen molar-refractivity contribution >= 4 is 24.0 Å². The van der Waals surface area contributed by atoms with Crippen molar-refractivity contribution in [1.82, 2.24) is 10.2 Å². The normalized spacial score (nSPS) is 11.3. The summed E-state index contributed by atoms with van der Waals surface area (Å²) in [6.07, 6.45) is -0.489. The van der Waals surface area contributed by atoms with Crippen LogP contribution in [0.2, 0.25) is 0 Å². The van der Waals surface area contributed by atoms with Gasteiger partial charge in [-0.15, -0.1) is 0 Å². The monoisotopic (exact) mass is 407 g/mol. The Bertz CT molecular complexity index is 693. The molecule has 0 bridgehead atoms. The number of ether oxygens (including phenoxy) is 3. The summed E-state index contributed by atoms with van der Waals surface area (Å²) >= 11 is 0. The first-order chi connectivity index (χ1) is 13.7. The maximum Gasteiger partial charge on any atom is 0.417 e. The molecule has 0 aliphatic heterocycles. The molecule has 29 heavy (non-hydrogen) atoms. The van der Waals surface area contributed by atoms with Gasteiger partial charge in [0, 0.05) is 19.4 Å². The highest BCUT2D eigenvalue weighted by molar-refractivity contribution is 5.93. The van der Waals surface area contributed by atoms with Crippen LogP contribution >= 0.6 is 0 Å². The number of aryl methyl sites for hydroxylation is 1. The lowest BCUT2D eigenvalue weighted by Crippen LogP contribution is -2.45. The summed E-state index contributed by atoms with van der Waals surface area (Å²) in [5.41, 5.74) is 1.13. The van der Waals surface area contributed by atoms with E-state index < -0.39 is 24.3 Å². The van der Waals surface area contributed by atoms with Gasteiger partial charge in [0.25, 0.3) is 6.29 Å². The summed E-state index contributed by atoms with van der Waals surface area (Å²) in [4.78, 5) is 36.5. The minimum atomic E-state index is -1.09. The Morgan fingerprint density at radius 3 is 2.34 bits per heavy atom. The molecule has 1 unspecified atom stereocenters. The first kappa shape index (κ1) is 23.9. The quantitative estimate of drug-likeness (QED) is 0.279. The summed E-state index contributed by atoms with van der Waals surface area (Å²) in [7, 11) is 2.66. The van der Waals surface area contributed by atoms with Crippen molar-refractivity contribution in [3.8, 4) is 0 Å². The Kier molecular flexibility index (Phi) is 10.2. The first-order valence-electron chi connectivity index (χ1n) is 9.30. The van der Waals surface area contributed by atoms with E-state index in [1.807, 2.05) is 30.3 Å². The van der Waals surface area contributed by atoms with E-state index in [4.69, 9.17) is 14.9 Å². The highest BCUT2D eigenvalue weighted by Gasteiger charge is 2.24. The number of esters is 2. The molecule has 1 aromatic rings. The molecule has 1 atom stereocenters. The van der Waals surface area contributed by atoms with E-state index in [2.05, 4.69) is 10.1 Å². The maximum atomic E-state index is 12.1. The van der Waals surface area contributed by atoms with Crippen LogP contribution in [0.25, 0.3) is 0 Å². The van der Waals surface area contributed by atoms with Gasteiger partial charge in [0.1, 0.15) is 6.54 Å². The lowest BCUT2D eigenvalue weighted by Gasteiger charge is -2.23. The zero-order chi connectivity index (χ0) is 21.8. The average molecular weight is 407 g/mol. The van der Waals surface area contributed by atoms with Crippen molar-refractivity contribution in [2.75, 3.05) is 20.7 Å². The van der Waals surface area contributed by atoms with Crippen LogP contribution < -0.4 is 5.32 Å². The minimum absolute atomic E-state index is 0.195. The van der Waals surface area contributed by atoms with Crippen molar-refractivity contribution in [3.63, 3.8) is 0 Å². The molecule has 1 rings (SSSR count). The molecule has 0 radical (unpaired) electrons. The van der Waals surface area contributed by atoms with E-state index >= 15 is 0 Å². The predicted octanol–water partition coefficient (Wildman–Crippen LogP) is 2.30. The van der Waals surface area contributed by atoms with Crippen molar-refractivity contribution in [2.45, 2.75) is 39.4 Å². The standard InChI is InChI=1S/C20H29N3O6/c1-14(2)18(28-16(24)12-8-11-15-9-6-5-7-10-15)29-20(26)22-19(21)23(3)13-17(25)27-4/h5-7,9-10,14,18H,8,11-13H2,1-4H3,(H2,21,22,26). The summed E-state index contributed by atoms with van der Waals surface area (Å²) < 4.78 is 14.9. The molecule has 0 fully saturated rings. The largest absolute Gasteiger partial charge is 0.468 e. The Balaban J connectivity index is 2.44. The number of nitrogens with one attached hydrogen (secondary N) is 2. The Hall–Kier alpha value is -3.10. The van der Waals surface area contributed by atoms with Crippen LogP contribution in [0.3, 0.4) is 0 Å². The van der Waals surface area contributed by atoms with Gasteiger partial charge in [0.15, 0.2) is 0 Å². The molecule has 0 spiro atoms. The van der Waals surface area contributed by atoms with E-state index in [1.165, 1.54) is 19.1 Å². The van der Waals surface area contributed by atoms with E-state index in [9.17, 15) is 14.4 Å². The fourth-order valence-corrected chi connectivity index (χ4v) is 2.23. The van der Waals surface area contributed by atoms with Crippen molar-refractivity contribution < 1.29 is 28.6 Å². The van der Waals surface area contributed by atoms with Gasteiger partial charge in [-0.25, -0.2) is 4.79 Å². The van der Waals surface area contributed by atoms with Gasteiger partial charge in [-0.05, 0) is 18.4 Å². The molecule has 0 aliphatic rings. The van der Waals surface area contributed by atoms with Gasteiger partial charge < -0.3 is 19.1 Å². The van der Waals surface area contributed by atoms with E-state index in [0.717, 1.165) is 12.0 Å². The van der Waals surface area contributed by atoms with Gasteiger partial charge in [0.2, 0.25) is 5.96 Å². The lowest BCUT2D eigenvalue weighted by molar-refractivity contribution is -0.174. The smallest absolute Gasteiger partial charge is 0.417 e. The first-order valence-corrected chi connectivity index (χ1v) is 9.30. The molecule has 0 saturated carbocycles. The number of likely N-dealkylation sites (N-methyl/N-ethyl adjacent to an activating group) is 1. The molecule has 9 nitrogen and oxygen atoms in total. The molecule has 1 amide bonds. The molecular weight excluding hydrogens is 378 g/mol. The number of hydrogen-bond donors (Lipinski definition) is 2. The Morgan fingerprint density at radius 1 is 1.10 bits per heavy atom. The van der Waals surface area contributed by atoms with Crippen LogP contribution in [0.4, 0.5) is 4.79 Å². The Morgan fingerprint density at radius 2 is 1.76 bits per heavy atom. The number of nitrogens with zero attached hydrogens (tertiary/aromatic N) is 1. The topological polar surface area (TPSA) is 118 Å². The molecule has 160 valence electrons. The second-order valence-corrected chi connectivity index (χ2v) is 6.75. The van der Waals surface area contributed by atoms with Crippen LogP contribution in [-0.4, -0.2) is 55.9 Å². The number of rotatable bonds is 9. The van der Waals surface area contributed by atoms with Crippen LogP contribution in [0, 0.1) is 11.3 Å². The Labute approximate surface area is 170 Å². The predicted molar refractivity (Wildman–Crippen MR) is 106 cm³/mol. The van der Waals surface area contributed by atoms with Crippen LogP contribution in [0.1, 0.15) is 32.3 Å². The zero-order valence-electron chi connectivity index (χ0n) is 17.3. The fourth-order valence-electron chi connectivity index (χ4n) is 2.23. The van der Waals surface area contributed by atoms with Gasteiger partial charge >= 0.3 is 18.0 Å². The third-order valence-electron chi connectivity index (χ3n) is 3.90. The van der Waals surface area contributed by atoms with Crippen LogP contribution in [-0.2, 0) is 30.2 Å². The van der Waals surface area contributed by atoms with Crippen LogP contribution in [0.5, 0.6) is 0 Å². The van der Waals surface area contributed by atoms with E-state index in [0.29, 0.717) is 6.42 Å². The summed E-state index contributed by atoms with van der Waals surface area (Å²) in [6.45, 7) is 3.27. The highest BCUT2D eigenvalue weighted by Crippen LogP contribution is 2.12. The molecule has 0 saturated heterocycles. The molecule has 2 N–H and O–H groups in total.